The second-order valence-electron chi connectivity index (χ2n) is 2.83. The maximum Gasteiger partial charge on any atom is 0.416 e. The molecule has 0 unspecified atom stereocenters. The van der Waals surface area contributed by atoms with E-state index in [1.54, 1.807) is 0 Å². The molecule has 0 aliphatic rings. The minimum absolute atomic E-state index is 0.210. The molecule has 0 heterocycles. The predicted molar refractivity (Wildman–Crippen MR) is 47.0 cm³/mol. The minimum Gasteiger partial charge on any atom is -0.508 e. The highest BCUT2D eigenvalue weighted by Gasteiger charge is 2.34. The van der Waals surface area contributed by atoms with Crippen molar-refractivity contribution in [1.29, 1.82) is 0 Å². The van der Waals surface area contributed by atoms with Crippen LogP contribution in [0.2, 0.25) is 0 Å². The molecule has 0 atom stereocenters. The van der Waals surface area contributed by atoms with Gasteiger partial charge in [0.2, 0.25) is 0 Å². The number of halogens is 3. The van der Waals surface area contributed by atoms with Crippen molar-refractivity contribution in [3.8, 4) is 5.75 Å². The SMILES string of the molecule is CONCc1c(O)cccc1C(F)(F)F. The molecule has 0 aliphatic heterocycles. The molecule has 0 spiro atoms. The van der Waals surface area contributed by atoms with Crippen LogP contribution in [0, 0.1) is 0 Å². The van der Waals surface area contributed by atoms with Gasteiger partial charge in [-0.2, -0.15) is 18.7 Å². The Balaban J connectivity index is 3.09. The summed E-state index contributed by atoms with van der Waals surface area (Å²) >= 11 is 0. The Morgan fingerprint density at radius 1 is 1.40 bits per heavy atom. The van der Waals surface area contributed by atoms with Gasteiger partial charge in [0.05, 0.1) is 19.2 Å². The number of hydrogen-bond acceptors (Lipinski definition) is 3. The fourth-order valence-corrected chi connectivity index (χ4v) is 1.17. The van der Waals surface area contributed by atoms with Gasteiger partial charge in [0, 0.05) is 5.56 Å². The molecule has 1 rings (SSSR count). The van der Waals surface area contributed by atoms with Gasteiger partial charge in [0.25, 0.3) is 0 Å². The first-order valence-electron chi connectivity index (χ1n) is 4.10. The summed E-state index contributed by atoms with van der Waals surface area (Å²) in [5.74, 6) is -0.408. The largest absolute Gasteiger partial charge is 0.508 e. The normalized spacial score (nSPS) is 11.7. The van der Waals surface area contributed by atoms with Gasteiger partial charge in [0.1, 0.15) is 5.75 Å². The van der Waals surface area contributed by atoms with E-state index in [0.29, 0.717) is 0 Å². The first-order valence-corrected chi connectivity index (χ1v) is 4.10. The molecule has 0 amide bonds. The highest BCUT2D eigenvalue weighted by molar-refractivity contribution is 5.40. The highest BCUT2D eigenvalue weighted by atomic mass is 19.4. The topological polar surface area (TPSA) is 41.5 Å². The van der Waals surface area contributed by atoms with Crippen molar-refractivity contribution in [2.45, 2.75) is 12.7 Å². The van der Waals surface area contributed by atoms with Gasteiger partial charge in [0.15, 0.2) is 0 Å². The quantitative estimate of drug-likeness (QED) is 0.767. The van der Waals surface area contributed by atoms with Crippen molar-refractivity contribution in [3.05, 3.63) is 29.3 Å². The van der Waals surface area contributed by atoms with Crippen molar-refractivity contribution in [2.24, 2.45) is 0 Å². The second-order valence-corrected chi connectivity index (χ2v) is 2.83. The molecule has 0 aliphatic carbocycles. The summed E-state index contributed by atoms with van der Waals surface area (Å²) in [7, 11) is 1.28. The summed E-state index contributed by atoms with van der Waals surface area (Å²) in [6.07, 6.45) is -4.48. The van der Waals surface area contributed by atoms with Crippen LogP contribution in [0.3, 0.4) is 0 Å². The fourth-order valence-electron chi connectivity index (χ4n) is 1.17. The Kier molecular flexibility index (Phi) is 3.54. The van der Waals surface area contributed by atoms with Crippen LogP contribution in [0.25, 0.3) is 0 Å². The van der Waals surface area contributed by atoms with Gasteiger partial charge in [-0.25, -0.2) is 0 Å². The summed E-state index contributed by atoms with van der Waals surface area (Å²) in [6.45, 7) is -0.210. The molecule has 0 aromatic heterocycles. The first-order chi connectivity index (χ1) is 6.96. The van der Waals surface area contributed by atoms with E-state index >= 15 is 0 Å². The Bertz CT molecular complexity index is 339. The maximum absolute atomic E-state index is 12.5. The lowest BCUT2D eigenvalue weighted by atomic mass is 10.1. The van der Waals surface area contributed by atoms with Crippen molar-refractivity contribution < 1.29 is 23.1 Å². The van der Waals surface area contributed by atoms with Crippen LogP contribution in [-0.2, 0) is 17.6 Å². The number of alkyl halides is 3. The maximum atomic E-state index is 12.5. The van der Waals surface area contributed by atoms with E-state index in [0.717, 1.165) is 12.1 Å². The molecule has 0 fully saturated rings. The summed E-state index contributed by atoms with van der Waals surface area (Å²) in [5.41, 5.74) is 1.16. The predicted octanol–water partition coefficient (Wildman–Crippen LogP) is 2.06. The van der Waals surface area contributed by atoms with E-state index in [-0.39, 0.29) is 12.1 Å². The summed E-state index contributed by atoms with van der Waals surface area (Å²) in [5, 5.41) is 9.29. The second kappa shape index (κ2) is 4.50. The van der Waals surface area contributed by atoms with Gasteiger partial charge < -0.3 is 9.94 Å². The monoisotopic (exact) mass is 221 g/mol. The van der Waals surface area contributed by atoms with Gasteiger partial charge >= 0.3 is 6.18 Å². The lowest BCUT2D eigenvalue weighted by molar-refractivity contribution is -0.138. The van der Waals surface area contributed by atoms with Gasteiger partial charge in [-0.3, -0.25) is 0 Å². The van der Waals surface area contributed by atoms with Gasteiger partial charge in [-0.05, 0) is 12.1 Å². The molecule has 6 heteroatoms. The summed E-state index contributed by atoms with van der Waals surface area (Å²) in [4.78, 5) is 4.44. The number of hydrogen-bond donors (Lipinski definition) is 2. The Morgan fingerprint density at radius 2 is 2.07 bits per heavy atom. The summed E-state index contributed by atoms with van der Waals surface area (Å²) in [6, 6.07) is 3.25. The van der Waals surface area contributed by atoms with E-state index in [4.69, 9.17) is 0 Å². The molecule has 15 heavy (non-hydrogen) atoms. The fraction of sp³-hybridized carbons (Fsp3) is 0.333. The molecule has 0 radical (unpaired) electrons. The summed E-state index contributed by atoms with van der Waals surface area (Å²) < 4.78 is 37.4. The molecule has 0 saturated heterocycles. The van der Waals surface area contributed by atoms with Crippen LogP contribution in [0.15, 0.2) is 18.2 Å². The molecule has 2 N–H and O–H groups in total. The number of nitrogens with one attached hydrogen (secondary N) is 1. The van der Waals surface area contributed by atoms with Crippen molar-refractivity contribution >= 4 is 0 Å². The smallest absolute Gasteiger partial charge is 0.416 e. The molecule has 84 valence electrons. The number of phenolic OH excluding ortho intramolecular Hbond substituents is 1. The van der Waals surface area contributed by atoms with E-state index in [1.165, 1.54) is 13.2 Å². The zero-order valence-electron chi connectivity index (χ0n) is 7.93. The van der Waals surface area contributed by atoms with Gasteiger partial charge in [-0.1, -0.05) is 6.07 Å². The van der Waals surface area contributed by atoms with E-state index < -0.39 is 17.5 Å². The van der Waals surface area contributed by atoms with Crippen LogP contribution in [0.1, 0.15) is 11.1 Å². The Labute approximate surface area is 84.4 Å². The zero-order chi connectivity index (χ0) is 11.5. The molecule has 3 nitrogen and oxygen atoms in total. The van der Waals surface area contributed by atoms with Crippen LogP contribution in [-0.4, -0.2) is 12.2 Å². The Hall–Kier alpha value is -1.27. The molecule has 0 bridgehead atoms. The van der Waals surface area contributed by atoms with Crippen molar-refractivity contribution in [3.63, 3.8) is 0 Å². The van der Waals surface area contributed by atoms with E-state index in [9.17, 15) is 18.3 Å². The third-order valence-electron chi connectivity index (χ3n) is 1.85. The van der Waals surface area contributed by atoms with Crippen LogP contribution >= 0.6 is 0 Å². The highest BCUT2D eigenvalue weighted by Crippen LogP contribution is 2.35. The molecular weight excluding hydrogens is 211 g/mol. The number of benzene rings is 1. The third kappa shape index (κ3) is 2.84. The van der Waals surface area contributed by atoms with Crippen molar-refractivity contribution in [2.75, 3.05) is 7.11 Å². The van der Waals surface area contributed by atoms with Crippen LogP contribution < -0.4 is 5.48 Å². The van der Waals surface area contributed by atoms with E-state index in [1.807, 2.05) is 0 Å². The third-order valence-corrected chi connectivity index (χ3v) is 1.85. The standard InChI is InChI=1S/C9H10F3NO2/c1-15-13-5-6-7(9(10,11)12)3-2-4-8(6)14/h2-4,13-14H,5H2,1H3. The van der Waals surface area contributed by atoms with Crippen molar-refractivity contribution in [1.82, 2.24) is 5.48 Å². The lowest BCUT2D eigenvalue weighted by Crippen LogP contribution is -2.16. The average Bonchev–Trinajstić information content (AvgIpc) is 2.14. The molecular formula is C9H10F3NO2. The minimum atomic E-state index is -4.48. The molecule has 1 aromatic carbocycles. The van der Waals surface area contributed by atoms with E-state index in [2.05, 4.69) is 10.3 Å². The molecule has 0 saturated carbocycles. The first kappa shape index (κ1) is 11.8. The number of hydroxylamine groups is 1. The molecule has 1 aromatic rings. The lowest BCUT2D eigenvalue weighted by Gasteiger charge is -2.13. The average molecular weight is 221 g/mol. The van der Waals surface area contributed by atoms with Crippen LogP contribution in [0.5, 0.6) is 5.75 Å². The van der Waals surface area contributed by atoms with Gasteiger partial charge in [-0.15, -0.1) is 0 Å². The number of rotatable bonds is 3. The number of phenols is 1. The number of aromatic hydroxyl groups is 1. The zero-order valence-corrected chi connectivity index (χ0v) is 7.93. The Morgan fingerprint density at radius 3 is 2.60 bits per heavy atom. The van der Waals surface area contributed by atoms with Crippen LogP contribution in [0.4, 0.5) is 13.2 Å².